The zero-order chi connectivity index (χ0) is 22.8. The first kappa shape index (κ1) is 22.6. The Morgan fingerprint density at radius 2 is 2.00 bits per heavy atom. The molecular formula is C24H26ClN5OS. The Morgan fingerprint density at radius 1 is 1.19 bits per heavy atom. The molecule has 2 aromatic rings. The minimum Gasteiger partial charge on any atom is -0.318 e. The van der Waals surface area contributed by atoms with Gasteiger partial charge >= 0.3 is 0 Å². The number of hydrogen-bond donors (Lipinski definition) is 1. The molecule has 0 spiro atoms. The number of nitrogens with one attached hydrogen (secondary N) is 1. The summed E-state index contributed by atoms with van der Waals surface area (Å²) in [6.45, 7) is 6.18. The van der Waals surface area contributed by atoms with Crippen molar-refractivity contribution in [3.63, 3.8) is 0 Å². The van der Waals surface area contributed by atoms with E-state index in [2.05, 4.69) is 21.6 Å². The van der Waals surface area contributed by atoms with E-state index in [1.807, 2.05) is 44.2 Å². The molecule has 2 aliphatic heterocycles. The lowest BCUT2D eigenvalue weighted by Crippen LogP contribution is -2.35. The van der Waals surface area contributed by atoms with Crippen LogP contribution in [0, 0.1) is 19.3 Å². The number of amidine groups is 2. The van der Waals surface area contributed by atoms with Crippen molar-refractivity contribution in [2.75, 3.05) is 0 Å². The van der Waals surface area contributed by atoms with Crippen LogP contribution in [0.2, 0.25) is 5.02 Å². The van der Waals surface area contributed by atoms with Crippen molar-refractivity contribution in [1.82, 2.24) is 9.58 Å². The van der Waals surface area contributed by atoms with E-state index in [4.69, 9.17) is 17.0 Å². The molecule has 0 unspecified atom stereocenters. The molecule has 2 aliphatic rings. The van der Waals surface area contributed by atoms with Crippen LogP contribution >= 0.6 is 23.4 Å². The number of carbonyl (C=O) groups is 1. The lowest BCUT2D eigenvalue weighted by atomic mass is 10.1. The first-order valence-corrected chi connectivity index (χ1v) is 12.0. The Morgan fingerprint density at radius 3 is 2.75 bits per heavy atom. The first-order valence-electron chi connectivity index (χ1n) is 10.8. The van der Waals surface area contributed by atoms with Crippen molar-refractivity contribution < 1.29 is 4.79 Å². The van der Waals surface area contributed by atoms with Gasteiger partial charge in [0.1, 0.15) is 5.04 Å². The molecule has 0 saturated carbocycles. The van der Waals surface area contributed by atoms with Crippen LogP contribution in [0.25, 0.3) is 11.8 Å². The molecule has 0 atom stereocenters. The highest BCUT2D eigenvalue weighted by molar-refractivity contribution is 8.26. The number of aliphatic imine (C=N–C) groups is 1. The molecule has 1 amide bonds. The van der Waals surface area contributed by atoms with Crippen molar-refractivity contribution in [3.05, 3.63) is 57.9 Å². The lowest BCUT2D eigenvalue weighted by Gasteiger charge is -2.20. The van der Waals surface area contributed by atoms with Crippen LogP contribution in [0.4, 0.5) is 0 Å². The van der Waals surface area contributed by atoms with Crippen LogP contribution in [-0.4, -0.2) is 31.5 Å². The lowest BCUT2D eigenvalue weighted by molar-refractivity contribution is -0.114. The molecular weight excluding hydrogens is 442 g/mol. The number of thioether (sulfide) groups is 1. The summed E-state index contributed by atoms with van der Waals surface area (Å²) in [4.78, 5) is 17.0. The van der Waals surface area contributed by atoms with Crippen molar-refractivity contribution in [2.45, 2.75) is 52.9 Å². The van der Waals surface area contributed by atoms with Gasteiger partial charge in [-0.3, -0.25) is 10.2 Å². The molecule has 8 heteroatoms. The summed E-state index contributed by atoms with van der Waals surface area (Å²) < 4.78 is 2.09. The van der Waals surface area contributed by atoms with Gasteiger partial charge in [-0.1, -0.05) is 43.9 Å². The van der Waals surface area contributed by atoms with Crippen LogP contribution in [0.15, 0.2) is 46.0 Å². The number of amides is 1. The Hall–Kier alpha value is -2.64. The Balaban J connectivity index is 1.61. The average molecular weight is 468 g/mol. The molecule has 0 saturated heterocycles. The van der Waals surface area contributed by atoms with E-state index in [1.165, 1.54) is 29.6 Å². The van der Waals surface area contributed by atoms with Crippen LogP contribution in [0.5, 0.6) is 0 Å². The Bertz CT molecular complexity index is 1180. The normalized spacial score (nSPS) is 17.1. The number of unbranched alkanes of at least 4 members (excludes halogenated alkanes) is 3. The molecule has 1 N–H and O–H groups in total. The minimum absolute atomic E-state index is 0.0728. The van der Waals surface area contributed by atoms with Crippen LogP contribution < -0.4 is 0 Å². The second-order valence-corrected chi connectivity index (χ2v) is 9.44. The Kier molecular flexibility index (Phi) is 6.67. The van der Waals surface area contributed by atoms with Crippen molar-refractivity contribution in [1.29, 1.82) is 5.41 Å². The predicted molar refractivity (Wildman–Crippen MR) is 134 cm³/mol. The summed E-state index contributed by atoms with van der Waals surface area (Å²) >= 11 is 7.58. The molecule has 4 rings (SSSR count). The maximum atomic E-state index is 12.8. The molecule has 1 aromatic heterocycles. The van der Waals surface area contributed by atoms with E-state index in [9.17, 15) is 4.79 Å². The third-order valence-corrected chi connectivity index (χ3v) is 6.78. The van der Waals surface area contributed by atoms with E-state index < -0.39 is 5.91 Å². The van der Waals surface area contributed by atoms with Gasteiger partial charge in [0.25, 0.3) is 5.91 Å². The molecule has 32 heavy (non-hydrogen) atoms. The maximum Gasteiger partial charge on any atom is 0.283 e. The number of hydrazone groups is 1. The maximum absolute atomic E-state index is 12.8. The smallest absolute Gasteiger partial charge is 0.283 e. The SMILES string of the molecule is CCCCCCC1=NN2C(=N)C(=Cc3cc(C)n(-c4cccc(Cl)c4)c3C)C(=O)N=C2S1. The fourth-order valence-electron chi connectivity index (χ4n) is 3.94. The highest BCUT2D eigenvalue weighted by Crippen LogP contribution is 2.31. The number of carbonyl (C=O) groups excluding carboxylic acids is 1. The number of halogens is 1. The summed E-state index contributed by atoms with van der Waals surface area (Å²) in [5.41, 5.74) is 4.04. The summed E-state index contributed by atoms with van der Waals surface area (Å²) in [6, 6.07) is 9.65. The van der Waals surface area contributed by atoms with Gasteiger partial charge < -0.3 is 4.57 Å². The third kappa shape index (κ3) is 4.45. The van der Waals surface area contributed by atoms with E-state index in [1.54, 1.807) is 6.08 Å². The van der Waals surface area contributed by atoms with Gasteiger partial charge in [-0.05, 0) is 74.4 Å². The van der Waals surface area contributed by atoms with Gasteiger partial charge in [0.15, 0.2) is 5.84 Å². The van der Waals surface area contributed by atoms with Gasteiger partial charge in [-0.25, -0.2) is 0 Å². The minimum atomic E-state index is -0.399. The van der Waals surface area contributed by atoms with Gasteiger partial charge in [-0.2, -0.15) is 15.1 Å². The first-order chi connectivity index (χ1) is 15.4. The van der Waals surface area contributed by atoms with E-state index in [-0.39, 0.29) is 11.4 Å². The second-order valence-electron chi connectivity index (χ2n) is 7.97. The number of nitrogens with zero attached hydrogens (tertiary/aromatic N) is 4. The number of benzene rings is 1. The zero-order valence-electron chi connectivity index (χ0n) is 18.5. The van der Waals surface area contributed by atoms with Crippen molar-refractivity contribution >= 4 is 51.4 Å². The predicted octanol–water partition coefficient (Wildman–Crippen LogP) is 6.34. The number of rotatable bonds is 7. The van der Waals surface area contributed by atoms with Crippen molar-refractivity contribution in [3.8, 4) is 5.69 Å². The average Bonchev–Trinajstić information content (AvgIpc) is 3.28. The Labute approximate surface area is 197 Å². The van der Waals surface area contributed by atoms with Gasteiger partial charge in [0.05, 0.1) is 5.57 Å². The monoisotopic (exact) mass is 467 g/mol. The number of aryl methyl sites for hydroxylation is 1. The second kappa shape index (κ2) is 9.46. The summed E-state index contributed by atoms with van der Waals surface area (Å²) in [5, 5.41) is 16.7. The van der Waals surface area contributed by atoms with E-state index in [0.29, 0.717) is 10.2 Å². The quantitative estimate of drug-likeness (QED) is 0.381. The topological polar surface area (TPSA) is 73.8 Å². The molecule has 0 aliphatic carbocycles. The van der Waals surface area contributed by atoms with Crippen LogP contribution in [0.3, 0.4) is 0 Å². The fourth-order valence-corrected chi connectivity index (χ4v) is 5.05. The van der Waals surface area contributed by atoms with Gasteiger partial charge in [0, 0.05) is 22.1 Å². The molecule has 3 heterocycles. The van der Waals surface area contributed by atoms with Crippen LogP contribution in [-0.2, 0) is 4.79 Å². The standard InChI is InChI=1S/C24H26ClN5OS/c1-4-5-6-7-11-21-28-30-22(26)20(23(31)27-24(30)32-21)13-17-12-15(2)29(16(17)3)19-10-8-9-18(25)14-19/h8-10,12-14,26H,4-7,11H2,1-3H3. The molecule has 1 aromatic carbocycles. The van der Waals surface area contributed by atoms with E-state index in [0.717, 1.165) is 46.9 Å². The molecule has 0 radical (unpaired) electrons. The zero-order valence-corrected chi connectivity index (χ0v) is 20.1. The molecule has 166 valence electrons. The highest BCUT2D eigenvalue weighted by Gasteiger charge is 2.35. The summed E-state index contributed by atoms with van der Waals surface area (Å²) in [6.07, 6.45) is 7.20. The summed E-state index contributed by atoms with van der Waals surface area (Å²) in [5.74, 6) is -0.327. The summed E-state index contributed by atoms with van der Waals surface area (Å²) in [7, 11) is 0. The third-order valence-electron chi connectivity index (χ3n) is 5.58. The van der Waals surface area contributed by atoms with E-state index >= 15 is 0 Å². The van der Waals surface area contributed by atoms with Crippen molar-refractivity contribution in [2.24, 2.45) is 10.1 Å². The largest absolute Gasteiger partial charge is 0.318 e. The fraction of sp³-hybridized carbons (Fsp3) is 0.333. The molecule has 0 bridgehead atoms. The molecule has 0 fully saturated rings. The molecule has 6 nitrogen and oxygen atoms in total. The number of fused-ring (bicyclic) bond motifs is 1. The van der Waals surface area contributed by atoms with Gasteiger partial charge in [0.2, 0.25) is 5.17 Å². The highest BCUT2D eigenvalue weighted by atomic mass is 35.5. The van der Waals surface area contributed by atoms with Crippen LogP contribution in [0.1, 0.15) is 56.0 Å². The number of aromatic nitrogens is 1. The van der Waals surface area contributed by atoms with Gasteiger partial charge in [-0.15, -0.1) is 0 Å². The number of hydrogen-bond acceptors (Lipinski definition) is 4.